The fourth-order valence-electron chi connectivity index (χ4n) is 3.61. The van der Waals surface area contributed by atoms with Crippen LogP contribution in [-0.4, -0.2) is 18.2 Å². The Kier molecular flexibility index (Phi) is 6.55. The molecule has 33 heavy (non-hydrogen) atoms. The molecular formula is C25H23F2N3O2S. The number of nitrogens with zero attached hydrogens (tertiary/aromatic N) is 2. The third kappa shape index (κ3) is 5.12. The number of aryl methyl sites for hydroxylation is 3. The lowest BCUT2D eigenvalue weighted by atomic mass is 10.0. The van der Waals surface area contributed by atoms with Crippen LogP contribution in [0.15, 0.2) is 89.8 Å². The second-order valence-electron chi connectivity index (χ2n) is 7.65. The van der Waals surface area contributed by atoms with Crippen molar-refractivity contribution in [2.75, 3.05) is 4.72 Å². The van der Waals surface area contributed by atoms with E-state index in [4.69, 9.17) is 0 Å². The van der Waals surface area contributed by atoms with Crippen molar-refractivity contribution >= 4 is 15.8 Å². The van der Waals surface area contributed by atoms with Gasteiger partial charge in [0.05, 0.1) is 10.5 Å². The third-order valence-electron chi connectivity index (χ3n) is 5.28. The van der Waals surface area contributed by atoms with E-state index < -0.39 is 16.4 Å². The highest BCUT2D eigenvalue weighted by Gasteiger charge is 2.28. The molecule has 8 heteroatoms. The zero-order chi connectivity index (χ0) is 23.4. The van der Waals surface area contributed by atoms with Crippen LogP contribution in [0.5, 0.6) is 0 Å². The molecule has 0 unspecified atom stereocenters. The topological polar surface area (TPSA) is 64.0 Å². The molecule has 4 aromatic rings. The number of hydrogen-bond acceptors (Lipinski definition) is 3. The van der Waals surface area contributed by atoms with Crippen LogP contribution in [0.4, 0.5) is 14.6 Å². The summed E-state index contributed by atoms with van der Waals surface area (Å²) in [5, 5.41) is 4.30. The molecule has 5 nitrogen and oxygen atoms in total. The van der Waals surface area contributed by atoms with Gasteiger partial charge in [-0.15, -0.1) is 0 Å². The van der Waals surface area contributed by atoms with Gasteiger partial charge in [-0.25, -0.2) is 17.2 Å². The fraction of sp³-hybridized carbons (Fsp3) is 0.160. The maximum absolute atomic E-state index is 14.3. The minimum atomic E-state index is -4.02. The van der Waals surface area contributed by atoms with Gasteiger partial charge < -0.3 is 0 Å². The first-order chi connectivity index (χ1) is 15.8. The SMILES string of the molecule is Cc1ccc(-c2c(NS(=O)(=O)c3ccccc3)nn(CCc3ccccc3)c2C(F)F)cc1. The molecule has 1 aromatic heterocycles. The van der Waals surface area contributed by atoms with Crippen LogP contribution < -0.4 is 4.72 Å². The Labute approximate surface area is 191 Å². The van der Waals surface area contributed by atoms with Crippen LogP contribution in [-0.2, 0) is 23.0 Å². The minimum Gasteiger partial charge on any atom is -0.261 e. The number of benzene rings is 3. The van der Waals surface area contributed by atoms with Gasteiger partial charge in [0.1, 0.15) is 5.69 Å². The lowest BCUT2D eigenvalue weighted by Gasteiger charge is -2.10. The highest BCUT2D eigenvalue weighted by atomic mass is 32.2. The zero-order valence-corrected chi connectivity index (χ0v) is 18.8. The number of rotatable bonds is 8. The number of aromatic nitrogens is 2. The van der Waals surface area contributed by atoms with E-state index in [-0.39, 0.29) is 28.5 Å². The van der Waals surface area contributed by atoms with Gasteiger partial charge in [0.25, 0.3) is 16.4 Å². The molecule has 0 spiro atoms. The molecule has 0 aliphatic carbocycles. The summed E-state index contributed by atoms with van der Waals surface area (Å²) >= 11 is 0. The average Bonchev–Trinajstić information content (AvgIpc) is 3.17. The molecule has 4 rings (SSSR count). The Morgan fingerprint density at radius 1 is 0.909 bits per heavy atom. The summed E-state index contributed by atoms with van der Waals surface area (Å²) in [6.45, 7) is 2.07. The van der Waals surface area contributed by atoms with Gasteiger partial charge in [0.2, 0.25) is 0 Å². The van der Waals surface area contributed by atoms with Crippen molar-refractivity contribution in [1.82, 2.24) is 9.78 Å². The van der Waals surface area contributed by atoms with Gasteiger partial charge in [-0.2, -0.15) is 5.10 Å². The van der Waals surface area contributed by atoms with Crippen molar-refractivity contribution in [3.63, 3.8) is 0 Å². The molecule has 0 aliphatic rings. The van der Waals surface area contributed by atoms with Crippen molar-refractivity contribution in [3.8, 4) is 11.1 Å². The first-order valence-corrected chi connectivity index (χ1v) is 11.9. The highest BCUT2D eigenvalue weighted by molar-refractivity contribution is 7.92. The molecule has 0 saturated carbocycles. The molecular weight excluding hydrogens is 444 g/mol. The fourth-order valence-corrected chi connectivity index (χ4v) is 4.64. The van der Waals surface area contributed by atoms with E-state index in [9.17, 15) is 17.2 Å². The number of sulfonamides is 1. The number of halogens is 2. The van der Waals surface area contributed by atoms with Gasteiger partial charge in [-0.05, 0) is 36.6 Å². The normalized spacial score (nSPS) is 11.6. The number of hydrogen-bond donors (Lipinski definition) is 1. The molecule has 0 fully saturated rings. The lowest BCUT2D eigenvalue weighted by Crippen LogP contribution is -2.14. The molecule has 3 aromatic carbocycles. The van der Waals surface area contributed by atoms with Gasteiger partial charge in [0, 0.05) is 6.54 Å². The van der Waals surface area contributed by atoms with E-state index >= 15 is 0 Å². The highest BCUT2D eigenvalue weighted by Crippen LogP contribution is 2.38. The summed E-state index contributed by atoms with van der Waals surface area (Å²) in [6.07, 6.45) is -2.37. The van der Waals surface area contributed by atoms with Gasteiger partial charge >= 0.3 is 0 Å². The number of nitrogens with one attached hydrogen (secondary N) is 1. The van der Waals surface area contributed by atoms with Crippen LogP contribution >= 0.6 is 0 Å². The van der Waals surface area contributed by atoms with Crippen LogP contribution in [0.25, 0.3) is 11.1 Å². The first-order valence-electron chi connectivity index (χ1n) is 10.4. The maximum atomic E-state index is 14.3. The molecule has 170 valence electrons. The Morgan fingerprint density at radius 3 is 2.12 bits per heavy atom. The molecule has 0 aliphatic heterocycles. The number of anilines is 1. The van der Waals surface area contributed by atoms with Crippen molar-refractivity contribution in [3.05, 3.63) is 102 Å². The second-order valence-corrected chi connectivity index (χ2v) is 9.34. The summed E-state index contributed by atoms with van der Waals surface area (Å²) in [6, 6.07) is 24.2. The van der Waals surface area contributed by atoms with E-state index in [1.165, 1.54) is 16.8 Å². The van der Waals surface area contributed by atoms with Gasteiger partial charge in [-0.3, -0.25) is 9.40 Å². The summed E-state index contributed by atoms with van der Waals surface area (Å²) < 4.78 is 58.2. The standard InChI is InChI=1S/C25H23F2N3O2S/c1-18-12-14-20(15-13-18)22-23(24(26)27)30(17-16-19-8-4-2-5-9-19)28-25(22)29-33(31,32)21-10-6-3-7-11-21/h2-15,24H,16-17H2,1H3,(H,28,29). The molecule has 0 saturated heterocycles. The molecule has 1 N–H and O–H groups in total. The molecule has 0 atom stereocenters. The van der Waals surface area contributed by atoms with Crippen molar-refractivity contribution in [2.24, 2.45) is 0 Å². The van der Waals surface area contributed by atoms with Gasteiger partial charge in [-0.1, -0.05) is 78.4 Å². The molecule has 1 heterocycles. The summed E-state index contributed by atoms with van der Waals surface area (Å²) in [7, 11) is -4.02. The smallest absolute Gasteiger partial charge is 0.261 e. The Balaban J connectivity index is 1.80. The Bertz CT molecular complexity index is 1320. The monoisotopic (exact) mass is 467 g/mol. The first kappa shape index (κ1) is 22.7. The Hall–Kier alpha value is -3.52. The Morgan fingerprint density at radius 2 is 1.52 bits per heavy atom. The molecule has 0 bridgehead atoms. The van der Waals surface area contributed by atoms with Crippen LogP contribution in [0.3, 0.4) is 0 Å². The van der Waals surface area contributed by atoms with Crippen molar-refractivity contribution < 1.29 is 17.2 Å². The quantitative estimate of drug-likeness (QED) is 0.354. The minimum absolute atomic E-state index is 0.0253. The zero-order valence-electron chi connectivity index (χ0n) is 17.9. The van der Waals surface area contributed by atoms with E-state index in [1.54, 1.807) is 42.5 Å². The van der Waals surface area contributed by atoms with E-state index in [0.717, 1.165) is 11.1 Å². The summed E-state index contributed by atoms with van der Waals surface area (Å²) in [4.78, 5) is 0.0253. The molecule has 0 radical (unpaired) electrons. The van der Waals surface area contributed by atoms with Crippen molar-refractivity contribution in [2.45, 2.75) is 31.2 Å². The van der Waals surface area contributed by atoms with Gasteiger partial charge in [0.15, 0.2) is 5.82 Å². The van der Waals surface area contributed by atoms with Crippen LogP contribution in [0.1, 0.15) is 23.2 Å². The molecule has 0 amide bonds. The predicted octanol–water partition coefficient (Wildman–Crippen LogP) is 5.84. The number of alkyl halides is 2. The summed E-state index contributed by atoms with van der Waals surface area (Å²) in [5.41, 5.74) is 2.16. The van der Waals surface area contributed by atoms with Crippen molar-refractivity contribution in [1.29, 1.82) is 0 Å². The van der Waals surface area contributed by atoms with Crippen LogP contribution in [0.2, 0.25) is 0 Å². The largest absolute Gasteiger partial charge is 0.280 e. The van der Waals surface area contributed by atoms with E-state index in [1.807, 2.05) is 37.3 Å². The second kappa shape index (κ2) is 9.54. The van der Waals surface area contributed by atoms with E-state index in [0.29, 0.717) is 12.0 Å². The predicted molar refractivity (Wildman–Crippen MR) is 125 cm³/mol. The maximum Gasteiger partial charge on any atom is 0.280 e. The average molecular weight is 468 g/mol. The third-order valence-corrected chi connectivity index (χ3v) is 6.63. The lowest BCUT2D eigenvalue weighted by molar-refractivity contribution is 0.139. The van der Waals surface area contributed by atoms with E-state index in [2.05, 4.69) is 9.82 Å². The van der Waals surface area contributed by atoms with Crippen LogP contribution in [0, 0.1) is 6.92 Å². The summed E-state index contributed by atoms with van der Waals surface area (Å²) in [5.74, 6) is -0.119.